The molecule has 3 fully saturated rings. The quantitative estimate of drug-likeness (QED) is 0.0511. The van der Waals surface area contributed by atoms with Crippen LogP contribution < -0.4 is 25.8 Å². The van der Waals surface area contributed by atoms with E-state index < -0.39 is 76.2 Å². The number of hydrogen-bond donors (Lipinski definition) is 4. The van der Waals surface area contributed by atoms with Gasteiger partial charge in [0.25, 0.3) is 5.91 Å². The molecule has 0 unspecified atom stereocenters. The number of aromatic nitrogens is 3. The van der Waals surface area contributed by atoms with Crippen LogP contribution >= 0.6 is 11.3 Å². The minimum Gasteiger partial charge on any atom is -0.391 e. The minimum absolute atomic E-state index is 0.0103. The van der Waals surface area contributed by atoms with E-state index in [1.807, 2.05) is 61.9 Å². The number of aryl methyl sites for hydroxylation is 1. The number of β-amino-alcohol motifs (C(OH)–C–C–N with tert-alkyl or cyclic N) is 1. The molecular formula is C58H70F5N11O8S. The van der Waals surface area contributed by atoms with E-state index in [4.69, 9.17) is 9.47 Å². The zero-order chi connectivity index (χ0) is 59.9. The molecule has 0 aliphatic carbocycles. The van der Waals surface area contributed by atoms with Gasteiger partial charge in [-0.3, -0.25) is 28.9 Å². The molecule has 0 bridgehead atoms. The lowest BCUT2D eigenvalue weighted by atomic mass is 9.85. The molecule has 5 aromatic rings. The van der Waals surface area contributed by atoms with Gasteiger partial charge >= 0.3 is 6.18 Å². The van der Waals surface area contributed by atoms with Crippen LogP contribution in [0.5, 0.6) is 0 Å². The zero-order valence-electron chi connectivity index (χ0n) is 47.4. The van der Waals surface area contributed by atoms with Gasteiger partial charge in [0.2, 0.25) is 29.6 Å². The molecule has 25 heteroatoms. The number of alkyl halides is 3. The first-order valence-electron chi connectivity index (χ1n) is 27.4. The van der Waals surface area contributed by atoms with Gasteiger partial charge in [0.15, 0.2) is 0 Å². The van der Waals surface area contributed by atoms with E-state index in [1.54, 1.807) is 42.5 Å². The third-order valence-electron chi connectivity index (χ3n) is 15.2. The topological polar surface area (TPSA) is 215 Å². The highest BCUT2D eigenvalue weighted by atomic mass is 32.1. The summed E-state index contributed by atoms with van der Waals surface area (Å²) in [6.45, 7) is 13.4. The number of nitrogens with one attached hydrogen (secondary N) is 3. The van der Waals surface area contributed by atoms with Crippen molar-refractivity contribution in [3.8, 4) is 21.6 Å². The Hall–Kier alpha value is -7.19. The first-order valence-corrected chi connectivity index (χ1v) is 28.3. The number of likely N-dealkylation sites (N-methyl/N-ethyl adjacent to an activating group) is 1. The van der Waals surface area contributed by atoms with Gasteiger partial charge in [-0.05, 0) is 81.1 Å². The number of amides is 5. The highest BCUT2D eigenvalue weighted by Crippen LogP contribution is 2.38. The predicted molar refractivity (Wildman–Crippen MR) is 302 cm³/mol. The van der Waals surface area contributed by atoms with Gasteiger partial charge < -0.3 is 50.1 Å². The van der Waals surface area contributed by atoms with E-state index in [0.717, 1.165) is 33.8 Å². The summed E-state index contributed by atoms with van der Waals surface area (Å²) in [6.07, 6.45) is -2.75. The number of aliphatic hydroxyl groups is 1. The van der Waals surface area contributed by atoms with Crippen molar-refractivity contribution in [2.24, 2.45) is 5.41 Å². The Balaban J connectivity index is 0.773. The summed E-state index contributed by atoms with van der Waals surface area (Å²) in [7, 11) is 1.95. The largest absolute Gasteiger partial charge is 0.417 e. The lowest BCUT2D eigenvalue weighted by Gasteiger charge is -2.44. The summed E-state index contributed by atoms with van der Waals surface area (Å²) in [5, 5.41) is 18.8. The fraction of sp³-hybridized carbons (Fsp3) is 0.483. The van der Waals surface area contributed by atoms with Crippen molar-refractivity contribution >= 4 is 58.2 Å². The van der Waals surface area contributed by atoms with Crippen molar-refractivity contribution in [1.82, 2.24) is 40.3 Å². The van der Waals surface area contributed by atoms with Crippen molar-refractivity contribution in [1.29, 1.82) is 0 Å². The molecule has 446 valence electrons. The number of hydrogen-bond acceptors (Lipinski definition) is 15. The monoisotopic (exact) mass is 1180 g/mol. The van der Waals surface area contributed by atoms with Crippen LogP contribution in [0.1, 0.15) is 74.6 Å². The lowest BCUT2D eigenvalue weighted by Crippen LogP contribution is -2.58. The van der Waals surface area contributed by atoms with Crippen LogP contribution in [0.3, 0.4) is 0 Å². The SMILES string of the molecule is Cc1ncsc1-c1ccc(CNC(=O)[C@@H]2C[C@@H](O)CN2C(=O)[C@@H](NC(=O)COCCCOCC(=O)N2CCN(c3ncc(-c4cc(NC(=O)c5ccc(F)cc5C(F)(F)F)c(N5C[C@@H](C)N(C)[C@@H](C)C5)cc4F)cn3)CC2)C(C)(C)C)cc1. The average molecular weight is 1180 g/mol. The summed E-state index contributed by atoms with van der Waals surface area (Å²) in [5.74, 6) is -4.40. The van der Waals surface area contributed by atoms with Crippen molar-refractivity contribution < 1.29 is 60.5 Å². The molecule has 0 spiro atoms. The molecule has 4 N–H and O–H groups in total. The second-order valence-corrected chi connectivity index (χ2v) is 23.2. The Morgan fingerprint density at radius 1 is 0.831 bits per heavy atom. The fourth-order valence-corrected chi connectivity index (χ4v) is 11.1. The predicted octanol–water partition coefficient (Wildman–Crippen LogP) is 6.53. The number of carbonyl (C=O) groups is 5. The van der Waals surface area contributed by atoms with Crippen LogP contribution in [-0.2, 0) is 41.4 Å². The molecule has 8 rings (SSSR count). The number of ether oxygens (including phenoxy) is 2. The third kappa shape index (κ3) is 15.3. The number of piperazine rings is 2. The molecule has 3 aliphatic heterocycles. The molecule has 5 atom stereocenters. The average Bonchev–Trinajstić information content (AvgIpc) is 4.22. The Labute approximate surface area is 482 Å². The molecule has 3 aromatic carbocycles. The van der Waals surface area contributed by atoms with E-state index in [2.05, 4.69) is 35.8 Å². The highest BCUT2D eigenvalue weighted by Gasteiger charge is 2.45. The van der Waals surface area contributed by atoms with Gasteiger partial charge in [0.05, 0.1) is 44.7 Å². The number of benzene rings is 3. The molecule has 5 heterocycles. The normalized spacial score (nSPS) is 19.2. The molecule has 83 heavy (non-hydrogen) atoms. The van der Waals surface area contributed by atoms with Crippen LogP contribution in [0.15, 0.2) is 72.5 Å². The van der Waals surface area contributed by atoms with Crippen molar-refractivity contribution in [3.05, 3.63) is 107 Å². The molecule has 5 amide bonds. The Morgan fingerprint density at radius 3 is 2.12 bits per heavy atom. The second-order valence-electron chi connectivity index (χ2n) is 22.3. The summed E-state index contributed by atoms with van der Waals surface area (Å²) < 4.78 is 83.3. The van der Waals surface area contributed by atoms with E-state index in [9.17, 15) is 46.6 Å². The van der Waals surface area contributed by atoms with Gasteiger partial charge in [-0.25, -0.2) is 23.7 Å². The Morgan fingerprint density at radius 2 is 1.49 bits per heavy atom. The van der Waals surface area contributed by atoms with Crippen LogP contribution in [0.2, 0.25) is 0 Å². The van der Waals surface area contributed by atoms with Crippen LogP contribution in [0.4, 0.5) is 39.3 Å². The molecular weight excluding hydrogens is 1110 g/mol. The van der Waals surface area contributed by atoms with Crippen LogP contribution in [-0.4, -0.2) is 174 Å². The number of likely N-dealkylation sites (tertiary alicyclic amines) is 1. The van der Waals surface area contributed by atoms with Crippen molar-refractivity contribution in [3.63, 3.8) is 0 Å². The van der Waals surface area contributed by atoms with Crippen molar-refractivity contribution in [2.75, 3.05) is 94.4 Å². The Bertz CT molecular complexity index is 3110. The molecule has 3 aliphatic rings. The second kappa shape index (κ2) is 26.6. The van der Waals surface area contributed by atoms with Gasteiger partial charge in [-0.1, -0.05) is 45.0 Å². The van der Waals surface area contributed by atoms with E-state index in [1.165, 1.54) is 29.4 Å². The number of anilines is 3. The summed E-state index contributed by atoms with van der Waals surface area (Å²) in [6, 6.07) is 10.1. The number of carbonyl (C=O) groups excluding carboxylic acids is 5. The van der Waals surface area contributed by atoms with E-state index >= 15 is 4.39 Å². The molecule has 3 saturated heterocycles. The standard InChI is InChI=1S/C58H70F5N11O8S/c1-34-28-73(29-35(2)70(34)7)47-24-45(60)43(23-46(47)68-53(78)42-14-13-40(59)21-44(42)58(61,62)63)39-26-65-56(66-27-39)72-17-15-71(16-18-72)50(77)32-82-20-8-19-81-31-49(76)69-52(57(4,5)6)55(80)74-30-41(75)22-48(74)54(79)64-25-37-9-11-38(12-10-37)51-36(3)67-33-83-51/h9-14,21,23-24,26-27,33-35,41,48,52,75H,8,15-20,22,25,28-32H2,1-7H3,(H,64,79)(H,68,78)(H,69,76)/t34-,35+,41-,48+,52-/m1/s1. The number of rotatable bonds is 19. The zero-order valence-corrected chi connectivity index (χ0v) is 48.2. The maximum Gasteiger partial charge on any atom is 0.417 e. The fourth-order valence-electron chi connectivity index (χ4n) is 10.3. The molecule has 0 radical (unpaired) electrons. The lowest BCUT2D eigenvalue weighted by molar-refractivity contribution is -0.144. The summed E-state index contributed by atoms with van der Waals surface area (Å²) in [5.41, 5.74) is 2.07. The summed E-state index contributed by atoms with van der Waals surface area (Å²) >= 11 is 1.55. The van der Waals surface area contributed by atoms with E-state index in [0.29, 0.717) is 51.6 Å². The van der Waals surface area contributed by atoms with Gasteiger partial charge in [-0.2, -0.15) is 13.2 Å². The van der Waals surface area contributed by atoms with E-state index in [-0.39, 0.29) is 92.5 Å². The third-order valence-corrected chi connectivity index (χ3v) is 16.2. The highest BCUT2D eigenvalue weighted by molar-refractivity contribution is 7.13. The molecule has 19 nitrogen and oxygen atoms in total. The smallest absolute Gasteiger partial charge is 0.391 e. The van der Waals surface area contributed by atoms with Crippen LogP contribution in [0, 0.1) is 24.0 Å². The number of halogens is 5. The van der Waals surface area contributed by atoms with Gasteiger partial charge in [0, 0.05) is 108 Å². The first-order chi connectivity index (χ1) is 39.4. The molecule has 2 aromatic heterocycles. The molecule has 0 saturated carbocycles. The maximum absolute atomic E-state index is 16.2. The van der Waals surface area contributed by atoms with Gasteiger partial charge in [-0.15, -0.1) is 11.3 Å². The number of thiazole rings is 1. The number of aliphatic hydroxyl groups excluding tert-OH is 1. The minimum atomic E-state index is -5.03. The Kier molecular flexibility index (Phi) is 19.8. The van der Waals surface area contributed by atoms with Crippen LogP contribution in [0.25, 0.3) is 21.6 Å². The first kappa shape index (κ1) is 61.9. The maximum atomic E-state index is 16.2. The van der Waals surface area contributed by atoms with Gasteiger partial charge in [0.1, 0.15) is 36.9 Å². The summed E-state index contributed by atoms with van der Waals surface area (Å²) in [4.78, 5) is 90.4. The van der Waals surface area contributed by atoms with Crippen molar-refractivity contribution in [2.45, 2.75) is 97.4 Å². The number of nitrogens with zero attached hydrogens (tertiary/aromatic N) is 8.